The monoisotopic (exact) mass is 328 g/mol. The van der Waals surface area contributed by atoms with Crippen LogP contribution < -0.4 is 14.0 Å². The molecule has 21 heavy (non-hydrogen) atoms. The van der Waals surface area contributed by atoms with Crippen molar-refractivity contribution in [1.29, 1.82) is 0 Å². The molecular formula is C15H17ClO4S. The summed E-state index contributed by atoms with van der Waals surface area (Å²) >= 11 is 0. The van der Waals surface area contributed by atoms with Gasteiger partial charge in [-0.3, -0.25) is 0 Å². The van der Waals surface area contributed by atoms with Gasteiger partial charge >= 0.3 is 0 Å². The smallest absolute Gasteiger partial charge is 0.122 e. The van der Waals surface area contributed by atoms with E-state index in [0.717, 1.165) is 11.1 Å². The van der Waals surface area contributed by atoms with Crippen LogP contribution in [0, 0.1) is 10.2 Å². The molecule has 6 heteroatoms. The fourth-order valence-corrected chi connectivity index (χ4v) is 5.88. The molecular weight excluding hydrogens is 312 g/mol. The second-order valence-corrected chi connectivity index (χ2v) is 9.09. The summed E-state index contributed by atoms with van der Waals surface area (Å²) in [6.07, 6.45) is 1.72. The molecule has 0 saturated carbocycles. The first-order chi connectivity index (χ1) is 9.86. The molecule has 4 nitrogen and oxygen atoms in total. The van der Waals surface area contributed by atoms with E-state index in [1.807, 2.05) is 60.7 Å². The van der Waals surface area contributed by atoms with E-state index in [1.54, 1.807) is 6.26 Å². The Morgan fingerprint density at radius 2 is 1.19 bits per heavy atom. The van der Waals surface area contributed by atoms with Crippen LogP contribution in [0.25, 0.3) is 0 Å². The molecule has 0 aromatic heterocycles. The molecule has 0 aliphatic carbocycles. The van der Waals surface area contributed by atoms with Crippen LogP contribution in [0.2, 0.25) is 0 Å². The van der Waals surface area contributed by atoms with Gasteiger partial charge < -0.3 is 0 Å². The van der Waals surface area contributed by atoms with Crippen LogP contribution >= 0.6 is 10.3 Å². The molecule has 2 rings (SSSR count). The third-order valence-electron chi connectivity index (χ3n) is 2.86. The van der Waals surface area contributed by atoms with Crippen molar-refractivity contribution in [3.05, 3.63) is 71.8 Å². The van der Waals surface area contributed by atoms with E-state index >= 15 is 0 Å². The van der Waals surface area contributed by atoms with Crippen LogP contribution in [0.5, 0.6) is 0 Å². The molecule has 0 spiro atoms. The first-order valence-corrected chi connectivity index (χ1v) is 9.84. The lowest BCUT2D eigenvalue weighted by molar-refractivity contribution is -1.91. The molecule has 2 aromatic carbocycles. The minimum Gasteiger partial charge on any atom is -0.182 e. The molecule has 0 bridgehead atoms. The zero-order chi connectivity index (χ0) is 15.3. The quantitative estimate of drug-likeness (QED) is 0.780. The SMILES string of the molecule is CS(Cc1ccccc1)(Cc1ccccc1)O[Cl+3]([O-])([O-])[O-]. The van der Waals surface area contributed by atoms with E-state index in [2.05, 4.69) is 0 Å². The largest absolute Gasteiger partial charge is 0.182 e. The molecule has 0 aliphatic heterocycles. The van der Waals surface area contributed by atoms with Crippen LogP contribution in [0.4, 0.5) is 0 Å². The predicted molar refractivity (Wildman–Crippen MR) is 74.9 cm³/mol. The van der Waals surface area contributed by atoms with E-state index in [1.165, 1.54) is 0 Å². The standard InChI is InChI=1S/C15H17ClO4S/c1-21(20-16(17,18)19,12-14-8-4-2-5-9-14)13-15-10-6-3-7-11-15/h2-11H,12-13H2,1H3. The van der Waals surface area contributed by atoms with E-state index in [9.17, 15) is 14.0 Å². The maximum absolute atomic E-state index is 11.0. The van der Waals surface area contributed by atoms with Gasteiger partial charge in [-0.05, 0) is 11.1 Å². The fraction of sp³-hybridized carbons (Fsp3) is 0.200. The Kier molecular flexibility index (Phi) is 5.27. The van der Waals surface area contributed by atoms with Crippen LogP contribution in [0.15, 0.2) is 60.7 Å². The Morgan fingerprint density at radius 1 is 0.810 bits per heavy atom. The van der Waals surface area contributed by atoms with Gasteiger partial charge in [-0.2, -0.15) is 14.0 Å². The van der Waals surface area contributed by atoms with Crippen molar-refractivity contribution in [1.82, 2.24) is 0 Å². The first kappa shape index (κ1) is 16.3. The van der Waals surface area contributed by atoms with Gasteiger partial charge in [0.15, 0.2) is 0 Å². The van der Waals surface area contributed by atoms with Gasteiger partial charge in [0, 0.05) is 28.1 Å². The number of hydrogen-bond acceptors (Lipinski definition) is 4. The van der Waals surface area contributed by atoms with Gasteiger partial charge in [-0.1, -0.05) is 60.7 Å². The van der Waals surface area contributed by atoms with E-state index in [4.69, 9.17) is 3.74 Å². The van der Waals surface area contributed by atoms with E-state index in [0.29, 0.717) is 11.5 Å². The molecule has 0 saturated heterocycles. The van der Waals surface area contributed by atoms with Crippen LogP contribution in [0.1, 0.15) is 11.1 Å². The summed E-state index contributed by atoms with van der Waals surface area (Å²) in [5.41, 5.74) is 1.90. The lowest BCUT2D eigenvalue weighted by Gasteiger charge is -2.30. The van der Waals surface area contributed by atoms with Gasteiger partial charge in [-0.25, -0.2) is 0 Å². The lowest BCUT2D eigenvalue weighted by atomic mass is 10.2. The van der Waals surface area contributed by atoms with Gasteiger partial charge in [0.1, 0.15) is 3.74 Å². The summed E-state index contributed by atoms with van der Waals surface area (Å²) < 4.78 is 38.0. The van der Waals surface area contributed by atoms with Gasteiger partial charge in [0.25, 0.3) is 0 Å². The van der Waals surface area contributed by atoms with Gasteiger partial charge in [-0.15, -0.1) is 0 Å². The molecule has 0 amide bonds. The Morgan fingerprint density at radius 3 is 1.52 bits per heavy atom. The highest BCUT2D eigenvalue weighted by Crippen LogP contribution is 2.53. The topological polar surface area (TPSA) is 78.4 Å². The Labute approximate surface area is 128 Å². The van der Waals surface area contributed by atoms with Crippen molar-refractivity contribution in [2.24, 2.45) is 0 Å². The fourth-order valence-electron chi connectivity index (χ4n) is 2.14. The van der Waals surface area contributed by atoms with Crippen molar-refractivity contribution in [3.63, 3.8) is 0 Å². The minimum absolute atomic E-state index is 0.414. The summed E-state index contributed by atoms with van der Waals surface area (Å²) in [6.45, 7) is 0. The number of benzene rings is 2. The summed E-state index contributed by atoms with van der Waals surface area (Å²) in [5, 5.41) is 0. The van der Waals surface area contributed by atoms with Crippen molar-refractivity contribution < 1.29 is 28.0 Å². The molecule has 0 unspecified atom stereocenters. The molecule has 0 fully saturated rings. The average molecular weight is 329 g/mol. The number of rotatable bonds is 6. The second kappa shape index (κ2) is 6.79. The summed E-state index contributed by atoms with van der Waals surface area (Å²) in [6, 6.07) is 18.9. The molecule has 0 radical (unpaired) electrons. The van der Waals surface area contributed by atoms with Crippen molar-refractivity contribution >= 4 is 10.3 Å². The maximum atomic E-state index is 11.0. The first-order valence-electron chi connectivity index (χ1n) is 6.30. The Balaban J connectivity index is 2.21. The van der Waals surface area contributed by atoms with Gasteiger partial charge in [0.05, 0.1) is 10.2 Å². The third-order valence-corrected chi connectivity index (χ3v) is 6.58. The molecule has 0 aliphatic rings. The van der Waals surface area contributed by atoms with Crippen LogP contribution in [-0.2, 0) is 15.2 Å². The molecule has 114 valence electrons. The lowest BCUT2D eigenvalue weighted by Crippen LogP contribution is -2.61. The van der Waals surface area contributed by atoms with Gasteiger partial charge in [0.2, 0.25) is 0 Å². The molecule has 0 N–H and O–H groups in total. The highest BCUT2D eigenvalue weighted by atomic mass is 35.7. The van der Waals surface area contributed by atoms with E-state index < -0.39 is 20.6 Å². The van der Waals surface area contributed by atoms with Crippen LogP contribution in [0.3, 0.4) is 0 Å². The highest BCUT2D eigenvalue weighted by molar-refractivity contribution is 8.27. The number of hydrogen-bond donors (Lipinski definition) is 0. The molecule has 2 aromatic rings. The normalized spacial score (nSPS) is 13.1. The summed E-state index contributed by atoms with van der Waals surface area (Å²) in [5.74, 6) is 0.828. The summed E-state index contributed by atoms with van der Waals surface area (Å²) in [4.78, 5) is 0. The average Bonchev–Trinajstić information content (AvgIpc) is 2.38. The van der Waals surface area contributed by atoms with E-state index in [-0.39, 0.29) is 0 Å². The molecule has 0 heterocycles. The highest BCUT2D eigenvalue weighted by Gasteiger charge is 2.36. The van der Waals surface area contributed by atoms with Crippen molar-refractivity contribution in [3.8, 4) is 0 Å². The van der Waals surface area contributed by atoms with Crippen LogP contribution in [-0.4, -0.2) is 6.26 Å². The number of halogens is 1. The van der Waals surface area contributed by atoms with Crippen molar-refractivity contribution in [2.75, 3.05) is 6.26 Å². The second-order valence-electron chi connectivity index (χ2n) is 4.88. The van der Waals surface area contributed by atoms with Crippen molar-refractivity contribution in [2.45, 2.75) is 11.5 Å². The zero-order valence-electron chi connectivity index (χ0n) is 11.6. The Hall–Kier alpha value is -1.08. The third kappa shape index (κ3) is 5.67. The minimum atomic E-state index is -4.45. The zero-order valence-corrected chi connectivity index (χ0v) is 13.2. The summed E-state index contributed by atoms with van der Waals surface area (Å²) in [7, 11) is -6.56. The molecule has 0 atom stereocenters. The predicted octanol–water partition coefficient (Wildman–Crippen LogP) is 0.650. The Bertz CT molecular complexity index is 515. The maximum Gasteiger partial charge on any atom is 0.122 e.